The maximum Gasteiger partial charge on any atom is 0.0233 e. The van der Waals surface area contributed by atoms with E-state index in [9.17, 15) is 0 Å². The SMILES string of the molecule is CCC1CN(Cc2ccc(SC)cc2)CCC1N. The second kappa shape index (κ2) is 6.60. The molecule has 1 aliphatic heterocycles. The lowest BCUT2D eigenvalue weighted by Crippen LogP contribution is -2.46. The molecule has 0 spiro atoms. The van der Waals surface area contributed by atoms with E-state index in [1.54, 1.807) is 11.8 Å². The molecule has 1 aromatic rings. The van der Waals surface area contributed by atoms with Gasteiger partial charge in [0.2, 0.25) is 0 Å². The van der Waals surface area contributed by atoms with Crippen molar-refractivity contribution in [3.05, 3.63) is 29.8 Å². The summed E-state index contributed by atoms with van der Waals surface area (Å²) in [6, 6.07) is 9.34. The van der Waals surface area contributed by atoms with Gasteiger partial charge in [0.05, 0.1) is 0 Å². The van der Waals surface area contributed by atoms with Gasteiger partial charge in [0, 0.05) is 24.0 Å². The first kappa shape index (κ1) is 13.9. The number of piperidine rings is 1. The average Bonchev–Trinajstić information content (AvgIpc) is 2.42. The number of hydrogen-bond acceptors (Lipinski definition) is 3. The Morgan fingerprint density at radius 2 is 2.06 bits per heavy atom. The number of nitrogens with zero attached hydrogens (tertiary/aromatic N) is 1. The Kier molecular flexibility index (Phi) is 5.10. The molecule has 2 unspecified atom stereocenters. The van der Waals surface area contributed by atoms with E-state index < -0.39 is 0 Å². The highest BCUT2D eigenvalue weighted by Crippen LogP contribution is 2.21. The van der Waals surface area contributed by atoms with E-state index in [1.807, 2.05) is 0 Å². The van der Waals surface area contributed by atoms with Crippen LogP contribution in [0.15, 0.2) is 29.2 Å². The Balaban J connectivity index is 1.92. The van der Waals surface area contributed by atoms with Crippen molar-refractivity contribution in [3.8, 4) is 0 Å². The summed E-state index contributed by atoms with van der Waals surface area (Å²) in [5.41, 5.74) is 7.57. The van der Waals surface area contributed by atoms with Gasteiger partial charge in [-0.2, -0.15) is 0 Å². The van der Waals surface area contributed by atoms with Crippen LogP contribution in [0.25, 0.3) is 0 Å². The molecular formula is C15H24N2S. The summed E-state index contributed by atoms with van der Waals surface area (Å²) in [7, 11) is 0. The summed E-state index contributed by atoms with van der Waals surface area (Å²) in [5, 5.41) is 0. The van der Waals surface area contributed by atoms with Crippen LogP contribution in [-0.4, -0.2) is 30.3 Å². The number of nitrogens with two attached hydrogens (primary N) is 1. The van der Waals surface area contributed by atoms with Crippen LogP contribution in [0.1, 0.15) is 25.3 Å². The maximum atomic E-state index is 6.15. The zero-order valence-corrected chi connectivity index (χ0v) is 12.2. The summed E-state index contributed by atoms with van der Waals surface area (Å²) in [5.74, 6) is 0.671. The molecule has 0 radical (unpaired) electrons. The first-order valence-corrected chi connectivity index (χ1v) is 8.06. The quantitative estimate of drug-likeness (QED) is 0.848. The molecule has 0 aliphatic carbocycles. The molecule has 0 bridgehead atoms. The zero-order valence-electron chi connectivity index (χ0n) is 11.4. The number of hydrogen-bond donors (Lipinski definition) is 1. The van der Waals surface area contributed by atoms with Gasteiger partial charge in [-0.15, -0.1) is 11.8 Å². The molecular weight excluding hydrogens is 240 g/mol. The summed E-state index contributed by atoms with van der Waals surface area (Å²) in [4.78, 5) is 3.89. The molecule has 0 aromatic heterocycles. The molecule has 1 heterocycles. The minimum atomic E-state index is 0.408. The lowest BCUT2D eigenvalue weighted by atomic mass is 9.90. The highest BCUT2D eigenvalue weighted by molar-refractivity contribution is 7.98. The Morgan fingerprint density at radius 1 is 1.33 bits per heavy atom. The van der Waals surface area contributed by atoms with E-state index in [0.717, 1.165) is 26.1 Å². The lowest BCUT2D eigenvalue weighted by molar-refractivity contribution is 0.145. The summed E-state index contributed by atoms with van der Waals surface area (Å²) >= 11 is 1.80. The molecule has 18 heavy (non-hydrogen) atoms. The predicted octanol–water partition coefficient (Wildman–Crippen LogP) is 2.97. The molecule has 1 saturated heterocycles. The average molecular weight is 264 g/mol. The fourth-order valence-corrected chi connectivity index (χ4v) is 3.10. The van der Waals surface area contributed by atoms with Crippen LogP contribution in [0.2, 0.25) is 0 Å². The van der Waals surface area contributed by atoms with Crippen LogP contribution in [0.5, 0.6) is 0 Å². The Hall–Kier alpha value is -0.510. The highest BCUT2D eigenvalue weighted by atomic mass is 32.2. The van der Waals surface area contributed by atoms with Gasteiger partial charge in [0.15, 0.2) is 0 Å². The van der Waals surface area contributed by atoms with Gasteiger partial charge in [-0.3, -0.25) is 4.90 Å². The Morgan fingerprint density at radius 3 is 2.67 bits per heavy atom. The Bertz CT molecular complexity index is 363. The van der Waals surface area contributed by atoms with Gasteiger partial charge in [-0.05, 0) is 42.8 Å². The maximum absolute atomic E-state index is 6.15. The monoisotopic (exact) mass is 264 g/mol. The third-order valence-electron chi connectivity index (χ3n) is 3.97. The molecule has 3 heteroatoms. The van der Waals surface area contributed by atoms with E-state index in [-0.39, 0.29) is 0 Å². The smallest absolute Gasteiger partial charge is 0.0233 e. The molecule has 0 saturated carbocycles. The number of thioether (sulfide) groups is 1. The lowest BCUT2D eigenvalue weighted by Gasteiger charge is -2.36. The van der Waals surface area contributed by atoms with Crippen molar-refractivity contribution in [2.45, 2.75) is 37.2 Å². The van der Waals surface area contributed by atoms with Crippen molar-refractivity contribution in [1.82, 2.24) is 4.90 Å². The van der Waals surface area contributed by atoms with Crippen molar-refractivity contribution in [1.29, 1.82) is 0 Å². The fourth-order valence-electron chi connectivity index (χ4n) is 2.69. The minimum absolute atomic E-state index is 0.408. The van der Waals surface area contributed by atoms with Crippen LogP contribution < -0.4 is 5.73 Å². The molecule has 1 aromatic carbocycles. The normalized spacial score (nSPS) is 25.3. The number of likely N-dealkylation sites (tertiary alicyclic amines) is 1. The molecule has 0 amide bonds. The third kappa shape index (κ3) is 3.50. The van der Waals surface area contributed by atoms with Crippen LogP contribution in [-0.2, 0) is 6.54 Å². The van der Waals surface area contributed by atoms with Gasteiger partial charge in [0.1, 0.15) is 0 Å². The van der Waals surface area contributed by atoms with Gasteiger partial charge in [0.25, 0.3) is 0 Å². The van der Waals surface area contributed by atoms with Gasteiger partial charge >= 0.3 is 0 Å². The highest BCUT2D eigenvalue weighted by Gasteiger charge is 2.24. The molecule has 1 aliphatic rings. The number of rotatable bonds is 4. The van der Waals surface area contributed by atoms with E-state index in [2.05, 4.69) is 42.3 Å². The first-order valence-electron chi connectivity index (χ1n) is 6.83. The molecule has 1 fully saturated rings. The van der Waals surface area contributed by atoms with Gasteiger partial charge < -0.3 is 5.73 Å². The standard InChI is InChI=1S/C15H24N2S/c1-3-13-11-17(9-8-15(13)16)10-12-4-6-14(18-2)7-5-12/h4-7,13,15H,3,8-11,16H2,1-2H3. The van der Waals surface area contributed by atoms with Crippen molar-refractivity contribution in [2.75, 3.05) is 19.3 Å². The minimum Gasteiger partial charge on any atom is -0.327 e. The molecule has 100 valence electrons. The topological polar surface area (TPSA) is 29.3 Å². The summed E-state index contributed by atoms with van der Waals surface area (Å²) < 4.78 is 0. The van der Waals surface area contributed by atoms with Gasteiger partial charge in [-0.25, -0.2) is 0 Å². The van der Waals surface area contributed by atoms with Crippen molar-refractivity contribution in [2.24, 2.45) is 11.7 Å². The predicted molar refractivity (Wildman–Crippen MR) is 79.9 cm³/mol. The second-order valence-corrected chi connectivity index (χ2v) is 6.08. The largest absolute Gasteiger partial charge is 0.327 e. The van der Waals surface area contributed by atoms with Crippen LogP contribution >= 0.6 is 11.8 Å². The molecule has 2 N–H and O–H groups in total. The third-order valence-corrected chi connectivity index (χ3v) is 4.71. The molecule has 2 rings (SSSR count). The van der Waals surface area contributed by atoms with E-state index in [0.29, 0.717) is 12.0 Å². The Labute approximate surface area is 115 Å². The molecule has 2 atom stereocenters. The second-order valence-electron chi connectivity index (χ2n) is 5.20. The summed E-state index contributed by atoms with van der Waals surface area (Å²) in [6.45, 7) is 5.61. The van der Waals surface area contributed by atoms with Crippen molar-refractivity contribution >= 4 is 11.8 Å². The van der Waals surface area contributed by atoms with E-state index in [4.69, 9.17) is 5.73 Å². The number of benzene rings is 1. The van der Waals surface area contributed by atoms with Crippen molar-refractivity contribution < 1.29 is 0 Å². The van der Waals surface area contributed by atoms with Crippen LogP contribution in [0, 0.1) is 5.92 Å². The van der Waals surface area contributed by atoms with E-state index in [1.165, 1.54) is 16.9 Å². The zero-order chi connectivity index (χ0) is 13.0. The van der Waals surface area contributed by atoms with Crippen LogP contribution in [0.3, 0.4) is 0 Å². The molecule has 2 nitrogen and oxygen atoms in total. The summed E-state index contributed by atoms with van der Waals surface area (Å²) in [6.07, 6.45) is 4.46. The first-order chi connectivity index (χ1) is 8.72. The van der Waals surface area contributed by atoms with Crippen LogP contribution in [0.4, 0.5) is 0 Å². The van der Waals surface area contributed by atoms with E-state index >= 15 is 0 Å². The van der Waals surface area contributed by atoms with Gasteiger partial charge in [-0.1, -0.05) is 25.5 Å². The fraction of sp³-hybridized carbons (Fsp3) is 0.600. The van der Waals surface area contributed by atoms with Crippen molar-refractivity contribution in [3.63, 3.8) is 0 Å².